The Morgan fingerprint density at radius 1 is 1.31 bits per heavy atom. The second kappa shape index (κ2) is 3.98. The molecular weight excluding hydrogens is 200 g/mol. The highest BCUT2D eigenvalue weighted by Crippen LogP contribution is 2.25. The highest BCUT2D eigenvalue weighted by atomic mass is 15.2. The Kier molecular flexibility index (Phi) is 2.66. The molecule has 84 valence electrons. The van der Waals surface area contributed by atoms with Crippen molar-refractivity contribution in [2.75, 3.05) is 0 Å². The van der Waals surface area contributed by atoms with Gasteiger partial charge < -0.3 is 16.8 Å². The quantitative estimate of drug-likeness (QED) is 0.686. The number of nitrogens with zero attached hydrogens (tertiary/aromatic N) is 1. The molecule has 1 aromatic carbocycles. The summed E-state index contributed by atoms with van der Waals surface area (Å²) in [7, 11) is 0. The number of aliphatic imine (C=N–C) groups is 1. The van der Waals surface area contributed by atoms with Gasteiger partial charge in [0.25, 0.3) is 0 Å². The monoisotopic (exact) mass is 216 g/mol. The van der Waals surface area contributed by atoms with E-state index in [-0.39, 0.29) is 5.92 Å². The van der Waals surface area contributed by atoms with E-state index in [1.165, 1.54) is 0 Å². The van der Waals surface area contributed by atoms with Crippen molar-refractivity contribution in [3.8, 4) is 0 Å². The first-order chi connectivity index (χ1) is 7.64. The van der Waals surface area contributed by atoms with Gasteiger partial charge in [-0.25, -0.2) is 4.99 Å². The summed E-state index contributed by atoms with van der Waals surface area (Å²) >= 11 is 0. The van der Waals surface area contributed by atoms with E-state index in [1.54, 1.807) is 12.4 Å². The van der Waals surface area contributed by atoms with E-state index in [9.17, 15) is 0 Å². The van der Waals surface area contributed by atoms with Crippen LogP contribution in [0.4, 0.5) is 0 Å². The Labute approximate surface area is 95.1 Å². The minimum atomic E-state index is -0.809. The maximum Gasteiger partial charge on any atom is 0.151 e. The van der Waals surface area contributed by atoms with Crippen LogP contribution in [0.1, 0.15) is 18.4 Å². The van der Waals surface area contributed by atoms with Crippen molar-refractivity contribution in [3.05, 3.63) is 48.3 Å². The molecule has 4 heteroatoms. The summed E-state index contributed by atoms with van der Waals surface area (Å²) in [6.45, 7) is 2.03. The molecule has 2 unspecified atom stereocenters. The number of hydrogen-bond donors (Lipinski definition) is 3. The van der Waals surface area contributed by atoms with Crippen LogP contribution in [0.3, 0.4) is 0 Å². The second-order valence-corrected chi connectivity index (χ2v) is 3.98. The molecule has 2 atom stereocenters. The van der Waals surface area contributed by atoms with E-state index in [0.29, 0.717) is 5.84 Å². The second-order valence-electron chi connectivity index (χ2n) is 3.98. The third kappa shape index (κ3) is 1.67. The van der Waals surface area contributed by atoms with Crippen LogP contribution in [-0.4, -0.2) is 11.5 Å². The maximum absolute atomic E-state index is 6.26. The first-order valence-corrected chi connectivity index (χ1v) is 5.25. The Hall–Kier alpha value is -1.81. The lowest BCUT2D eigenvalue weighted by Gasteiger charge is -2.36. The van der Waals surface area contributed by atoms with Gasteiger partial charge in [0.1, 0.15) is 5.84 Å². The van der Waals surface area contributed by atoms with Gasteiger partial charge in [-0.05, 0) is 5.56 Å². The summed E-state index contributed by atoms with van der Waals surface area (Å²) in [6.07, 6.45) is 3.33. The van der Waals surface area contributed by atoms with Crippen LogP contribution in [0, 0.1) is 0 Å². The lowest BCUT2D eigenvalue weighted by Crippen LogP contribution is -2.64. The molecule has 0 bridgehead atoms. The molecule has 0 saturated carbocycles. The number of hydrogen-bond acceptors (Lipinski definition) is 4. The molecule has 0 spiro atoms. The van der Waals surface area contributed by atoms with Crippen molar-refractivity contribution < 1.29 is 0 Å². The molecule has 4 nitrogen and oxygen atoms in total. The molecule has 0 radical (unpaired) electrons. The summed E-state index contributed by atoms with van der Waals surface area (Å²) < 4.78 is 0. The summed E-state index contributed by atoms with van der Waals surface area (Å²) in [5, 5.41) is 3.08. The normalized spacial score (nSPS) is 25.8. The van der Waals surface area contributed by atoms with Crippen LogP contribution in [0.15, 0.2) is 47.7 Å². The predicted octanol–water partition coefficient (Wildman–Crippen LogP) is 0.877. The van der Waals surface area contributed by atoms with Gasteiger partial charge in [-0.2, -0.15) is 0 Å². The summed E-state index contributed by atoms with van der Waals surface area (Å²) in [5.41, 5.74) is 12.4. The molecule has 0 aliphatic carbocycles. The molecule has 1 aliphatic heterocycles. The molecule has 1 aromatic rings. The Morgan fingerprint density at radius 2 is 2.00 bits per heavy atom. The van der Waals surface area contributed by atoms with Crippen LogP contribution in [0.2, 0.25) is 0 Å². The number of rotatable bonds is 2. The SMILES string of the molecule is CC(c1ccccc1)C1(N)NC=CN=C1N. The number of nitrogens with one attached hydrogen (secondary N) is 1. The number of nitrogens with two attached hydrogens (primary N) is 2. The van der Waals surface area contributed by atoms with Crippen LogP contribution < -0.4 is 16.8 Å². The zero-order valence-electron chi connectivity index (χ0n) is 9.22. The van der Waals surface area contributed by atoms with Crippen molar-refractivity contribution in [1.82, 2.24) is 5.32 Å². The lowest BCUT2D eigenvalue weighted by molar-refractivity contribution is 0.423. The third-order valence-corrected chi connectivity index (χ3v) is 3.02. The van der Waals surface area contributed by atoms with Crippen molar-refractivity contribution in [2.24, 2.45) is 16.5 Å². The van der Waals surface area contributed by atoms with Gasteiger partial charge >= 0.3 is 0 Å². The largest absolute Gasteiger partial charge is 0.384 e. The fourth-order valence-corrected chi connectivity index (χ4v) is 1.82. The highest BCUT2D eigenvalue weighted by Gasteiger charge is 2.37. The van der Waals surface area contributed by atoms with Crippen LogP contribution >= 0.6 is 0 Å². The smallest absolute Gasteiger partial charge is 0.151 e. The minimum Gasteiger partial charge on any atom is -0.384 e. The summed E-state index contributed by atoms with van der Waals surface area (Å²) in [4.78, 5) is 4.06. The Balaban J connectivity index is 2.32. The number of benzene rings is 1. The van der Waals surface area contributed by atoms with Crippen LogP contribution in [0.5, 0.6) is 0 Å². The molecule has 0 saturated heterocycles. The Bertz CT molecular complexity index is 424. The van der Waals surface area contributed by atoms with Crippen molar-refractivity contribution in [1.29, 1.82) is 0 Å². The molecule has 16 heavy (non-hydrogen) atoms. The standard InChI is InChI=1S/C12H16N4/c1-9(10-5-3-2-4-6-10)12(14)11(13)15-7-8-16-12/h2-9,16H,14H2,1H3,(H2,13,15). The van der Waals surface area contributed by atoms with Gasteiger partial charge in [0.2, 0.25) is 0 Å². The number of amidine groups is 1. The van der Waals surface area contributed by atoms with E-state index < -0.39 is 5.66 Å². The summed E-state index contributed by atoms with van der Waals surface area (Å²) in [5.74, 6) is 0.453. The first kappa shape index (κ1) is 10.7. The topological polar surface area (TPSA) is 76.4 Å². The first-order valence-electron chi connectivity index (χ1n) is 5.25. The van der Waals surface area contributed by atoms with Gasteiger partial charge in [-0.15, -0.1) is 0 Å². The van der Waals surface area contributed by atoms with E-state index >= 15 is 0 Å². The minimum absolute atomic E-state index is 0.0439. The third-order valence-electron chi connectivity index (χ3n) is 3.02. The molecule has 2 rings (SSSR count). The fraction of sp³-hybridized carbons (Fsp3) is 0.250. The lowest BCUT2D eigenvalue weighted by atomic mass is 9.87. The zero-order valence-corrected chi connectivity index (χ0v) is 9.22. The molecule has 0 amide bonds. The molecular formula is C12H16N4. The van der Waals surface area contributed by atoms with Gasteiger partial charge in [0, 0.05) is 18.3 Å². The van der Waals surface area contributed by atoms with E-state index in [1.807, 2.05) is 37.3 Å². The van der Waals surface area contributed by atoms with Crippen molar-refractivity contribution in [2.45, 2.75) is 18.5 Å². The van der Waals surface area contributed by atoms with Gasteiger partial charge in [-0.1, -0.05) is 37.3 Å². The maximum atomic E-state index is 6.26. The summed E-state index contributed by atoms with van der Waals surface area (Å²) in [6, 6.07) is 10.0. The molecule has 5 N–H and O–H groups in total. The van der Waals surface area contributed by atoms with E-state index in [4.69, 9.17) is 11.5 Å². The molecule has 1 heterocycles. The molecule has 1 aliphatic rings. The molecule has 0 fully saturated rings. The van der Waals surface area contributed by atoms with Crippen molar-refractivity contribution >= 4 is 5.84 Å². The highest BCUT2D eigenvalue weighted by molar-refractivity contribution is 5.91. The predicted molar refractivity (Wildman–Crippen MR) is 65.7 cm³/mol. The van der Waals surface area contributed by atoms with Gasteiger partial charge in [0.15, 0.2) is 5.66 Å². The average Bonchev–Trinajstić information content (AvgIpc) is 2.33. The van der Waals surface area contributed by atoms with E-state index in [2.05, 4.69) is 10.3 Å². The molecule has 0 aromatic heterocycles. The zero-order chi connectivity index (χ0) is 11.6. The average molecular weight is 216 g/mol. The van der Waals surface area contributed by atoms with E-state index in [0.717, 1.165) is 5.56 Å². The van der Waals surface area contributed by atoms with Crippen LogP contribution in [-0.2, 0) is 0 Å². The Morgan fingerprint density at radius 3 is 2.62 bits per heavy atom. The van der Waals surface area contributed by atoms with Gasteiger partial charge in [-0.3, -0.25) is 0 Å². The van der Waals surface area contributed by atoms with Crippen LogP contribution in [0.25, 0.3) is 0 Å². The fourth-order valence-electron chi connectivity index (χ4n) is 1.82. The van der Waals surface area contributed by atoms with Crippen molar-refractivity contribution in [3.63, 3.8) is 0 Å². The van der Waals surface area contributed by atoms with Gasteiger partial charge in [0.05, 0.1) is 0 Å².